The number of nitrogens with zero attached hydrogens (tertiary/aromatic N) is 5. The Morgan fingerprint density at radius 2 is 1.75 bits per heavy atom. The Morgan fingerprint density at radius 3 is 2.45 bits per heavy atom. The average Bonchev–Trinajstić information content (AvgIpc) is 3.89. The first-order chi connectivity index (χ1) is 24.7. The van der Waals surface area contributed by atoms with Gasteiger partial charge in [0.25, 0.3) is 0 Å². The fourth-order valence-electron chi connectivity index (χ4n) is 7.48. The molecule has 3 heterocycles. The highest BCUT2D eigenvalue weighted by Crippen LogP contribution is 2.44. The molecule has 1 aromatic heterocycles. The first-order valence-electron chi connectivity index (χ1n) is 18.0. The van der Waals surface area contributed by atoms with Crippen LogP contribution in [0.4, 0.5) is 0 Å². The third-order valence-electron chi connectivity index (χ3n) is 10.6. The van der Waals surface area contributed by atoms with Crippen LogP contribution in [-0.2, 0) is 21.7 Å². The molecule has 0 amide bonds. The third kappa shape index (κ3) is 7.87. The van der Waals surface area contributed by atoms with Gasteiger partial charge < -0.3 is 14.2 Å². The average molecular weight is 731 g/mol. The molecule has 0 N–H and O–H groups in total. The van der Waals surface area contributed by atoms with Crippen molar-refractivity contribution in [1.29, 1.82) is 0 Å². The van der Waals surface area contributed by atoms with Gasteiger partial charge in [0.15, 0.2) is 0 Å². The molecule has 4 aromatic rings. The summed E-state index contributed by atoms with van der Waals surface area (Å²) < 4.78 is 22.3. The molecule has 1 saturated heterocycles. The van der Waals surface area contributed by atoms with Crippen LogP contribution in [0.1, 0.15) is 86.6 Å². The second-order valence-electron chi connectivity index (χ2n) is 14.1. The van der Waals surface area contributed by atoms with Crippen molar-refractivity contribution < 1.29 is 14.2 Å². The molecule has 0 bridgehead atoms. The molecule has 268 valence electrons. The summed E-state index contributed by atoms with van der Waals surface area (Å²) in [6.07, 6.45) is 11.2. The predicted molar refractivity (Wildman–Crippen MR) is 202 cm³/mol. The van der Waals surface area contributed by atoms with Gasteiger partial charge in [-0.05, 0) is 111 Å². The molecule has 2 aliphatic heterocycles. The lowest BCUT2D eigenvalue weighted by Crippen LogP contribution is -2.33. The van der Waals surface area contributed by atoms with E-state index < -0.39 is 5.79 Å². The van der Waals surface area contributed by atoms with Crippen molar-refractivity contribution in [3.63, 3.8) is 0 Å². The van der Waals surface area contributed by atoms with E-state index in [-0.39, 0.29) is 24.0 Å². The summed E-state index contributed by atoms with van der Waals surface area (Å²) in [6.45, 7) is 6.73. The number of ether oxygens (including phenoxy) is 3. The zero-order valence-electron chi connectivity index (χ0n) is 29.4. The Balaban J connectivity index is 0.917. The van der Waals surface area contributed by atoms with E-state index in [2.05, 4.69) is 40.2 Å². The first-order valence-corrected chi connectivity index (χ1v) is 18.8. The number of benzene rings is 3. The van der Waals surface area contributed by atoms with Gasteiger partial charge in [-0.1, -0.05) is 60.5 Å². The maximum Gasteiger partial charge on any atom is 0.350 e. The minimum atomic E-state index is -1.06. The van der Waals surface area contributed by atoms with E-state index in [1.165, 1.54) is 11.1 Å². The van der Waals surface area contributed by atoms with Crippen LogP contribution in [0, 0.1) is 12.8 Å². The van der Waals surface area contributed by atoms with E-state index in [4.69, 9.17) is 37.4 Å². The summed E-state index contributed by atoms with van der Waals surface area (Å²) in [7, 11) is 0. The van der Waals surface area contributed by atoms with Gasteiger partial charge in [-0.3, -0.25) is 9.98 Å². The number of hydrogen-bond donors (Lipinski definition) is 0. The molecule has 3 aliphatic rings. The van der Waals surface area contributed by atoms with E-state index in [0.29, 0.717) is 42.2 Å². The molecule has 11 heteroatoms. The quantitative estimate of drug-likeness (QED) is 0.146. The lowest BCUT2D eigenvalue weighted by atomic mass is 9.76. The van der Waals surface area contributed by atoms with Gasteiger partial charge in [0, 0.05) is 34.5 Å². The monoisotopic (exact) mass is 729 g/mol. The van der Waals surface area contributed by atoms with Crippen molar-refractivity contribution in [3.8, 4) is 11.4 Å². The van der Waals surface area contributed by atoms with Crippen LogP contribution in [0.5, 0.6) is 5.75 Å². The van der Waals surface area contributed by atoms with Crippen molar-refractivity contribution in [3.05, 3.63) is 110 Å². The number of rotatable bonds is 12. The summed E-state index contributed by atoms with van der Waals surface area (Å²) in [5.74, 6) is 0.680. The number of hydrogen-bond acceptors (Lipinski definition) is 7. The number of halogens is 2. The van der Waals surface area contributed by atoms with E-state index >= 15 is 0 Å². The number of aliphatic imine (C=N–C) groups is 2. The SMILES string of the molecule is CCC(C)n1ncn(-c2ccc(CC3CCC(c4ccc(OC[C@@H]5COC(CC6N=CC=N6)(c6ccc(C)cc6Cl)O5)cc4Cl)CC3)cc2)c1=O. The van der Waals surface area contributed by atoms with Crippen LogP contribution in [0.25, 0.3) is 5.69 Å². The van der Waals surface area contributed by atoms with Crippen molar-refractivity contribution >= 4 is 35.6 Å². The molecular formula is C40H45Cl2N5O4. The second kappa shape index (κ2) is 15.5. The van der Waals surface area contributed by atoms with Crippen molar-refractivity contribution in [1.82, 2.24) is 14.3 Å². The first kappa shape index (κ1) is 35.6. The summed E-state index contributed by atoms with van der Waals surface area (Å²) in [6, 6.07) is 20.3. The highest BCUT2D eigenvalue weighted by molar-refractivity contribution is 6.31. The van der Waals surface area contributed by atoms with Crippen LogP contribution in [0.3, 0.4) is 0 Å². The Kier molecular flexibility index (Phi) is 10.8. The fourth-order valence-corrected chi connectivity index (χ4v) is 8.19. The zero-order chi connectivity index (χ0) is 35.5. The number of aryl methyl sites for hydroxylation is 1. The topological polar surface area (TPSA) is 92.2 Å². The van der Waals surface area contributed by atoms with Gasteiger partial charge in [0.05, 0.1) is 18.3 Å². The summed E-state index contributed by atoms with van der Waals surface area (Å²) in [5.41, 5.74) is 5.05. The molecule has 1 saturated carbocycles. The Morgan fingerprint density at radius 1 is 0.980 bits per heavy atom. The maximum absolute atomic E-state index is 12.8. The summed E-state index contributed by atoms with van der Waals surface area (Å²) in [4.78, 5) is 21.7. The molecule has 1 aliphatic carbocycles. The lowest BCUT2D eigenvalue weighted by molar-refractivity contribution is -0.186. The molecule has 0 radical (unpaired) electrons. The molecule has 2 fully saturated rings. The molecule has 3 aromatic carbocycles. The standard InChI is InChI=1S/C40H45Cl2N5O4/c1-4-27(3)47-39(48)46(25-45-47)31-12-8-29(9-13-31)20-28-6-10-30(11-7-28)34-15-14-32(21-36(34)41)49-23-33-24-50-40(51-33,22-38-43-17-18-44-38)35-16-5-26(2)19-37(35)42/h5,8-9,12-19,21,25,27-28,30,33,38H,4,6-7,10-11,20,22-24H2,1-3H3/t27?,28?,30?,33-,40?/m1/s1. The van der Waals surface area contributed by atoms with Gasteiger partial charge in [-0.15, -0.1) is 0 Å². The normalized spacial score (nSPS) is 24.0. The van der Waals surface area contributed by atoms with Crippen LogP contribution in [-0.4, -0.2) is 52.3 Å². The predicted octanol–water partition coefficient (Wildman–Crippen LogP) is 8.66. The Labute approximate surface area is 309 Å². The minimum absolute atomic E-state index is 0.0765. The van der Waals surface area contributed by atoms with E-state index in [1.54, 1.807) is 28.0 Å². The molecule has 0 spiro atoms. The second-order valence-corrected chi connectivity index (χ2v) is 15.0. The van der Waals surface area contributed by atoms with Gasteiger partial charge in [0.1, 0.15) is 31.0 Å². The van der Waals surface area contributed by atoms with Gasteiger partial charge >= 0.3 is 5.69 Å². The lowest BCUT2D eigenvalue weighted by Gasteiger charge is -2.30. The molecule has 7 rings (SSSR count). The van der Waals surface area contributed by atoms with Crippen molar-refractivity contribution in [2.45, 2.75) is 95.7 Å². The van der Waals surface area contributed by atoms with Crippen LogP contribution >= 0.6 is 23.2 Å². The summed E-state index contributed by atoms with van der Waals surface area (Å²) >= 11 is 13.6. The maximum atomic E-state index is 12.8. The largest absolute Gasteiger partial charge is 0.491 e. The third-order valence-corrected chi connectivity index (χ3v) is 11.2. The van der Waals surface area contributed by atoms with Gasteiger partial charge in [-0.2, -0.15) is 5.10 Å². The smallest absolute Gasteiger partial charge is 0.350 e. The van der Waals surface area contributed by atoms with E-state index in [0.717, 1.165) is 60.4 Å². The fraction of sp³-hybridized carbons (Fsp3) is 0.450. The molecule has 3 atom stereocenters. The minimum Gasteiger partial charge on any atom is -0.491 e. The van der Waals surface area contributed by atoms with Crippen molar-refractivity contribution in [2.24, 2.45) is 15.9 Å². The van der Waals surface area contributed by atoms with Crippen molar-refractivity contribution in [2.75, 3.05) is 13.2 Å². The molecule has 2 unspecified atom stereocenters. The van der Waals surface area contributed by atoms with E-state index in [9.17, 15) is 4.79 Å². The summed E-state index contributed by atoms with van der Waals surface area (Å²) in [5, 5.41) is 5.64. The van der Waals surface area contributed by atoms with Gasteiger partial charge in [-0.25, -0.2) is 14.0 Å². The highest BCUT2D eigenvalue weighted by atomic mass is 35.5. The zero-order valence-corrected chi connectivity index (χ0v) is 30.9. The highest BCUT2D eigenvalue weighted by Gasteiger charge is 2.46. The molecule has 51 heavy (non-hydrogen) atoms. The Hall–Kier alpha value is -3.76. The molecule has 9 nitrogen and oxygen atoms in total. The van der Waals surface area contributed by atoms with Crippen LogP contribution < -0.4 is 10.4 Å². The Bertz CT molecular complexity index is 1940. The van der Waals surface area contributed by atoms with Crippen LogP contribution in [0.2, 0.25) is 10.0 Å². The van der Waals surface area contributed by atoms with Gasteiger partial charge in [0.2, 0.25) is 5.79 Å². The van der Waals surface area contributed by atoms with E-state index in [1.807, 2.05) is 56.3 Å². The number of aromatic nitrogens is 3. The molecular weight excluding hydrogens is 685 g/mol. The van der Waals surface area contributed by atoms with Crippen LogP contribution in [0.15, 0.2) is 81.8 Å².